The van der Waals surface area contributed by atoms with E-state index in [1.807, 2.05) is 42.2 Å². The Bertz CT molecular complexity index is 1100. The highest BCUT2D eigenvalue weighted by Gasteiger charge is 2.02. The molecule has 136 valence electrons. The molecule has 6 nitrogen and oxygen atoms in total. The van der Waals surface area contributed by atoms with Gasteiger partial charge in [0.1, 0.15) is 23.6 Å². The summed E-state index contributed by atoms with van der Waals surface area (Å²) in [4.78, 5) is 0. The van der Waals surface area contributed by atoms with Crippen molar-refractivity contribution in [3.63, 3.8) is 0 Å². The first kappa shape index (κ1) is 19.4. The Morgan fingerprint density at radius 3 is 2.63 bits per heavy atom. The Labute approximate surface area is 157 Å². The van der Waals surface area contributed by atoms with Crippen LogP contribution < -0.4 is 9.42 Å². The maximum atomic E-state index is 9.12. The molecule has 2 aromatic heterocycles. The largest absolute Gasteiger partial charge is 0.508 e. The zero-order valence-electron chi connectivity index (χ0n) is 15.2. The first-order valence-corrected chi connectivity index (χ1v) is 8.11. The van der Waals surface area contributed by atoms with Crippen molar-refractivity contribution in [1.29, 1.82) is 0 Å². The van der Waals surface area contributed by atoms with E-state index in [0.717, 1.165) is 27.6 Å². The summed E-state index contributed by atoms with van der Waals surface area (Å²) in [5, 5.41) is 21.0. The topological polar surface area (TPSA) is 77.8 Å². The molecule has 2 aromatic carbocycles. The van der Waals surface area contributed by atoms with Crippen LogP contribution in [-0.4, -0.2) is 27.0 Å². The van der Waals surface area contributed by atoms with Gasteiger partial charge in [-0.3, -0.25) is 5.10 Å². The van der Waals surface area contributed by atoms with Crippen LogP contribution in [-0.2, 0) is 7.05 Å². The molecule has 0 saturated carbocycles. The Morgan fingerprint density at radius 2 is 1.89 bits per heavy atom. The Balaban J connectivity index is 0.000000171. The molecule has 6 heteroatoms. The van der Waals surface area contributed by atoms with Gasteiger partial charge in [0.05, 0.1) is 17.1 Å². The summed E-state index contributed by atoms with van der Waals surface area (Å²) in [6.07, 6.45) is 13.3. The van der Waals surface area contributed by atoms with Gasteiger partial charge in [-0.2, -0.15) is 10.2 Å². The van der Waals surface area contributed by atoms with Crippen LogP contribution in [0.1, 0.15) is 6.92 Å². The minimum atomic E-state index is 0.295. The second-order valence-electron chi connectivity index (χ2n) is 5.52. The van der Waals surface area contributed by atoms with Crippen molar-refractivity contribution in [3.05, 3.63) is 48.8 Å². The molecule has 0 aliphatic carbocycles. The molecule has 4 aromatic rings. The van der Waals surface area contributed by atoms with E-state index >= 15 is 0 Å². The second-order valence-corrected chi connectivity index (χ2v) is 5.52. The summed E-state index contributed by atoms with van der Waals surface area (Å²) in [5.41, 5.74) is 2.03. The van der Waals surface area contributed by atoms with Crippen LogP contribution in [0.3, 0.4) is 0 Å². The van der Waals surface area contributed by atoms with E-state index in [1.54, 1.807) is 25.3 Å². The molecule has 0 aliphatic rings. The van der Waals surface area contributed by atoms with E-state index in [1.165, 1.54) is 0 Å². The van der Waals surface area contributed by atoms with Crippen molar-refractivity contribution in [3.8, 4) is 36.2 Å². The summed E-state index contributed by atoms with van der Waals surface area (Å²) in [6, 6.07) is 10.9. The highest BCUT2D eigenvalue weighted by atomic mass is 16.5. The summed E-state index contributed by atoms with van der Waals surface area (Å²) < 4.78 is 7.11. The minimum absolute atomic E-state index is 0.295. The Morgan fingerprint density at radius 1 is 1.15 bits per heavy atom. The first-order valence-electron chi connectivity index (χ1n) is 8.11. The SMILES string of the molecule is C#CC.C#CCOc1ccc2[nH]ncc2c1.C[n+]1cc2cc(O)ccc2[nH]1. The number of aromatic amines is 2. The minimum Gasteiger partial charge on any atom is -0.508 e. The highest BCUT2D eigenvalue weighted by molar-refractivity contribution is 5.79. The summed E-state index contributed by atoms with van der Waals surface area (Å²) in [5.74, 6) is 5.74. The number of nitrogens with one attached hydrogen (secondary N) is 2. The van der Waals surface area contributed by atoms with Crippen LogP contribution in [0.15, 0.2) is 48.8 Å². The van der Waals surface area contributed by atoms with Crippen molar-refractivity contribution < 1.29 is 14.5 Å². The zero-order chi connectivity index (χ0) is 19.6. The third-order valence-electron chi connectivity index (χ3n) is 3.40. The predicted octanol–water partition coefficient (Wildman–Crippen LogP) is 2.91. The number of nitrogens with zero attached hydrogens (tertiary/aromatic N) is 2. The van der Waals surface area contributed by atoms with Gasteiger partial charge in [0.15, 0.2) is 7.05 Å². The van der Waals surface area contributed by atoms with Gasteiger partial charge in [-0.25, -0.2) is 0 Å². The fourth-order valence-electron chi connectivity index (χ4n) is 2.33. The number of aromatic hydroxyl groups is 1. The number of terminal acetylenes is 2. The normalized spacial score (nSPS) is 9.33. The number of rotatable bonds is 2. The van der Waals surface area contributed by atoms with Crippen molar-refractivity contribution in [2.45, 2.75) is 6.92 Å². The van der Waals surface area contributed by atoms with Crippen LogP contribution in [0.4, 0.5) is 0 Å². The molecule has 0 aliphatic heterocycles. The molecule has 0 bridgehead atoms. The number of hydrogen-bond donors (Lipinski definition) is 3. The molecule has 0 unspecified atom stereocenters. The average molecular weight is 361 g/mol. The number of H-pyrrole nitrogens is 2. The molecule has 0 atom stereocenters. The lowest BCUT2D eigenvalue weighted by Crippen LogP contribution is -2.27. The van der Waals surface area contributed by atoms with Crippen LogP contribution in [0.5, 0.6) is 11.5 Å². The smallest absolute Gasteiger partial charge is 0.203 e. The molecule has 0 amide bonds. The van der Waals surface area contributed by atoms with Crippen LogP contribution >= 0.6 is 0 Å². The van der Waals surface area contributed by atoms with Crippen molar-refractivity contribution in [2.24, 2.45) is 7.05 Å². The standard InChI is InChI=1S/C10H8N2O.C8H8N2O.C3H4/c1-2-5-13-9-3-4-10-8(6-9)7-11-12-10;1-10-5-6-4-7(11)2-3-8(6)9-10;1-3-2/h1,3-4,6-7H,5H2,(H,11,12);2-5,11H,1H3;1H,2H3/p+1. The first-order chi connectivity index (χ1) is 13.1. The number of hydrogen-bond acceptors (Lipinski definition) is 3. The van der Waals surface area contributed by atoms with Crippen LogP contribution in [0.25, 0.3) is 21.8 Å². The fourth-order valence-corrected chi connectivity index (χ4v) is 2.33. The van der Waals surface area contributed by atoms with Crippen molar-refractivity contribution in [2.75, 3.05) is 6.61 Å². The molecule has 3 N–H and O–H groups in total. The number of aryl methyl sites for hydroxylation is 1. The predicted molar refractivity (Wildman–Crippen MR) is 106 cm³/mol. The van der Waals surface area contributed by atoms with Gasteiger partial charge in [0.25, 0.3) is 0 Å². The molecule has 27 heavy (non-hydrogen) atoms. The molecule has 0 saturated heterocycles. The summed E-state index contributed by atoms with van der Waals surface area (Å²) >= 11 is 0. The average Bonchev–Trinajstić information content (AvgIpc) is 3.25. The summed E-state index contributed by atoms with van der Waals surface area (Å²) in [6.45, 7) is 1.95. The monoisotopic (exact) mass is 361 g/mol. The molecule has 0 fully saturated rings. The van der Waals surface area contributed by atoms with E-state index < -0.39 is 0 Å². The van der Waals surface area contributed by atoms with Crippen molar-refractivity contribution >= 4 is 21.8 Å². The summed E-state index contributed by atoms with van der Waals surface area (Å²) in [7, 11) is 1.91. The van der Waals surface area contributed by atoms with E-state index in [4.69, 9.17) is 16.3 Å². The molecule has 2 heterocycles. The van der Waals surface area contributed by atoms with Gasteiger partial charge in [-0.1, -0.05) is 5.92 Å². The maximum Gasteiger partial charge on any atom is 0.203 e. The molecule has 0 radical (unpaired) electrons. The maximum absolute atomic E-state index is 9.12. The lowest BCUT2D eigenvalue weighted by atomic mass is 10.2. The van der Waals surface area contributed by atoms with E-state index in [0.29, 0.717) is 12.4 Å². The number of aromatic nitrogens is 4. The van der Waals surface area contributed by atoms with Gasteiger partial charge in [-0.05, 0) is 43.3 Å². The molecular weight excluding hydrogens is 340 g/mol. The number of fused-ring (bicyclic) bond motifs is 2. The molecule has 0 spiro atoms. The number of phenols is 1. The van der Waals surface area contributed by atoms with Gasteiger partial charge in [0, 0.05) is 5.39 Å². The van der Waals surface area contributed by atoms with E-state index in [9.17, 15) is 0 Å². The van der Waals surface area contributed by atoms with E-state index in [2.05, 4.69) is 33.6 Å². The fraction of sp³-hybridized carbons (Fsp3) is 0.143. The van der Waals surface area contributed by atoms with Crippen molar-refractivity contribution in [1.82, 2.24) is 15.3 Å². The van der Waals surface area contributed by atoms with E-state index in [-0.39, 0.29) is 0 Å². The van der Waals surface area contributed by atoms with Crippen LogP contribution in [0.2, 0.25) is 0 Å². The Hall–Kier alpha value is -3.90. The second kappa shape index (κ2) is 9.55. The van der Waals surface area contributed by atoms with Gasteiger partial charge < -0.3 is 9.84 Å². The lowest BCUT2D eigenvalue weighted by Gasteiger charge is -2.00. The third-order valence-corrected chi connectivity index (χ3v) is 3.40. The lowest BCUT2D eigenvalue weighted by molar-refractivity contribution is -0.724. The van der Waals surface area contributed by atoms with Gasteiger partial charge >= 0.3 is 0 Å². The quantitative estimate of drug-likeness (QED) is 0.379. The zero-order valence-corrected chi connectivity index (χ0v) is 15.2. The number of benzene rings is 2. The van der Waals surface area contributed by atoms with Gasteiger partial charge in [-0.15, -0.1) is 23.4 Å². The molecule has 4 rings (SSSR count). The van der Waals surface area contributed by atoms with Crippen LogP contribution in [0, 0.1) is 24.7 Å². The number of ether oxygens (including phenoxy) is 1. The highest BCUT2D eigenvalue weighted by Crippen LogP contribution is 2.18. The third kappa shape index (κ3) is 5.55. The Kier molecular flexibility index (Phi) is 6.87. The number of phenolic OH excluding ortho intramolecular Hbond substituents is 1. The van der Waals surface area contributed by atoms with Gasteiger partial charge in [0.2, 0.25) is 6.20 Å². The molecular formula is C21H21N4O2+.